The van der Waals surface area contributed by atoms with Crippen molar-refractivity contribution in [2.75, 3.05) is 6.61 Å². The third-order valence-electron chi connectivity index (χ3n) is 1.15. The summed E-state index contributed by atoms with van der Waals surface area (Å²) in [5.41, 5.74) is 0. The molecule has 1 aromatic rings. The predicted molar refractivity (Wildman–Crippen MR) is 47.9 cm³/mol. The van der Waals surface area contributed by atoms with Gasteiger partial charge in [-0.1, -0.05) is 18.2 Å². The van der Waals surface area contributed by atoms with E-state index in [1.54, 1.807) is 18.2 Å². The lowest BCUT2D eigenvalue weighted by Gasteiger charge is -2.07. The highest BCUT2D eigenvalue weighted by molar-refractivity contribution is 5.75. The Balaban J connectivity index is 0.00000144. The van der Waals surface area contributed by atoms with Crippen LogP contribution in [0.4, 0.5) is 13.2 Å². The van der Waals surface area contributed by atoms with Crippen molar-refractivity contribution < 1.29 is 17.9 Å². The van der Waals surface area contributed by atoms with Crippen LogP contribution in [0.15, 0.2) is 30.3 Å². The van der Waals surface area contributed by atoms with Crippen LogP contribution in [0.3, 0.4) is 0 Å². The maximum atomic E-state index is 11.6. The molecule has 0 aliphatic rings. The molecule has 0 saturated carbocycles. The fourth-order valence-corrected chi connectivity index (χ4v) is 0.682. The highest BCUT2D eigenvalue weighted by atomic mass is 19.4. The maximum absolute atomic E-state index is 11.6. The third-order valence-corrected chi connectivity index (χ3v) is 1.15. The lowest BCUT2D eigenvalue weighted by molar-refractivity contribution is -0.153. The first-order valence-electron chi connectivity index (χ1n) is 3.32. The lowest BCUT2D eigenvalue weighted by atomic mass is 10.3. The summed E-state index contributed by atoms with van der Waals surface area (Å²) in [6, 6.07) is 7.90. The molecule has 1 nitrogen and oxygen atoms in total. The number of alkyl halides is 3. The quantitative estimate of drug-likeness (QED) is 0.641. The van der Waals surface area contributed by atoms with Gasteiger partial charge in [-0.15, -0.1) is 0 Å². The van der Waals surface area contributed by atoms with E-state index >= 15 is 0 Å². The SMILES string of the molecule is B.FC(F)(F)COc1ccccc1. The second-order valence-corrected chi connectivity index (χ2v) is 2.22. The van der Waals surface area contributed by atoms with E-state index in [-0.39, 0.29) is 14.2 Å². The van der Waals surface area contributed by atoms with E-state index < -0.39 is 12.8 Å². The van der Waals surface area contributed by atoms with Crippen LogP contribution in [0.25, 0.3) is 0 Å². The van der Waals surface area contributed by atoms with Crippen LogP contribution < -0.4 is 4.74 Å². The summed E-state index contributed by atoms with van der Waals surface area (Å²) in [6.07, 6.45) is -4.27. The van der Waals surface area contributed by atoms with Crippen molar-refractivity contribution in [2.24, 2.45) is 0 Å². The minimum atomic E-state index is -4.27. The Morgan fingerprint density at radius 3 is 2.08 bits per heavy atom. The van der Waals surface area contributed by atoms with Gasteiger partial charge in [-0.2, -0.15) is 13.2 Å². The van der Waals surface area contributed by atoms with Crippen LogP contribution in [0.2, 0.25) is 0 Å². The molecule has 0 aliphatic heterocycles. The van der Waals surface area contributed by atoms with E-state index in [0.717, 1.165) is 0 Å². The maximum Gasteiger partial charge on any atom is 0.422 e. The average molecular weight is 190 g/mol. The fraction of sp³-hybridized carbons (Fsp3) is 0.250. The number of rotatable bonds is 2. The Kier molecular flexibility index (Phi) is 4.38. The van der Waals surface area contributed by atoms with Gasteiger partial charge in [0.15, 0.2) is 6.61 Å². The fourth-order valence-electron chi connectivity index (χ4n) is 0.682. The standard InChI is InChI=1S/C8H7F3O.BH3/c9-8(10,11)6-12-7-4-2-1-3-5-7;/h1-5H,6H2;1H3. The molecule has 0 aromatic heterocycles. The van der Waals surface area contributed by atoms with Gasteiger partial charge in [0.2, 0.25) is 0 Å². The van der Waals surface area contributed by atoms with Crippen LogP contribution in [0, 0.1) is 0 Å². The van der Waals surface area contributed by atoms with Gasteiger partial charge in [-0.3, -0.25) is 0 Å². The summed E-state index contributed by atoms with van der Waals surface area (Å²) in [6.45, 7) is -1.24. The molecular weight excluding hydrogens is 180 g/mol. The highest BCUT2D eigenvalue weighted by Gasteiger charge is 2.28. The van der Waals surface area contributed by atoms with Crippen molar-refractivity contribution in [1.29, 1.82) is 0 Å². The van der Waals surface area contributed by atoms with Gasteiger partial charge in [0.05, 0.1) is 8.41 Å². The summed E-state index contributed by atoms with van der Waals surface area (Å²) in [5, 5.41) is 0. The molecule has 0 heterocycles. The molecule has 0 radical (unpaired) electrons. The second-order valence-electron chi connectivity index (χ2n) is 2.22. The Bertz CT molecular complexity index is 235. The van der Waals surface area contributed by atoms with Gasteiger partial charge in [0.1, 0.15) is 5.75 Å². The molecule has 0 N–H and O–H groups in total. The zero-order valence-electron chi connectivity index (χ0n) is 6.14. The molecule has 1 rings (SSSR count). The van der Waals surface area contributed by atoms with Crippen molar-refractivity contribution in [3.8, 4) is 5.75 Å². The topological polar surface area (TPSA) is 9.23 Å². The van der Waals surface area contributed by atoms with Gasteiger partial charge >= 0.3 is 6.18 Å². The predicted octanol–water partition coefficient (Wildman–Crippen LogP) is 1.44. The van der Waals surface area contributed by atoms with Gasteiger partial charge in [-0.25, -0.2) is 0 Å². The molecule has 0 spiro atoms. The molecule has 0 atom stereocenters. The van der Waals surface area contributed by atoms with Crippen molar-refractivity contribution in [1.82, 2.24) is 0 Å². The lowest BCUT2D eigenvalue weighted by Crippen LogP contribution is -2.19. The smallest absolute Gasteiger partial charge is 0.422 e. The minimum Gasteiger partial charge on any atom is -0.484 e. The first kappa shape index (κ1) is 11.9. The first-order chi connectivity index (χ1) is 5.58. The van der Waals surface area contributed by atoms with Crippen molar-refractivity contribution in [3.63, 3.8) is 0 Å². The van der Waals surface area contributed by atoms with Crippen LogP contribution in [0.1, 0.15) is 0 Å². The van der Waals surface area contributed by atoms with E-state index in [2.05, 4.69) is 4.74 Å². The van der Waals surface area contributed by atoms with E-state index in [1.807, 2.05) is 0 Å². The van der Waals surface area contributed by atoms with Crippen LogP contribution in [-0.2, 0) is 0 Å². The number of benzene rings is 1. The van der Waals surface area contributed by atoms with Crippen LogP contribution >= 0.6 is 0 Å². The normalized spacial score (nSPS) is 10.4. The number of ether oxygens (including phenoxy) is 1. The third kappa shape index (κ3) is 5.17. The zero-order chi connectivity index (χ0) is 9.03. The van der Waals surface area contributed by atoms with E-state index in [1.165, 1.54) is 12.1 Å². The van der Waals surface area contributed by atoms with Crippen molar-refractivity contribution in [2.45, 2.75) is 6.18 Å². The molecule has 0 unspecified atom stereocenters. The summed E-state index contributed by atoms with van der Waals surface area (Å²) in [7, 11) is 0. The Morgan fingerprint density at radius 2 is 1.62 bits per heavy atom. The second kappa shape index (κ2) is 4.79. The molecule has 72 valence electrons. The average Bonchev–Trinajstić information content (AvgIpc) is 2.02. The molecule has 0 bridgehead atoms. The molecule has 0 fully saturated rings. The molecule has 0 saturated heterocycles. The first-order valence-corrected chi connectivity index (χ1v) is 3.32. The number of para-hydroxylation sites is 1. The molecule has 0 amide bonds. The largest absolute Gasteiger partial charge is 0.484 e. The van der Waals surface area contributed by atoms with E-state index in [4.69, 9.17) is 0 Å². The van der Waals surface area contributed by atoms with Gasteiger partial charge < -0.3 is 4.74 Å². The molecule has 13 heavy (non-hydrogen) atoms. The molecule has 0 aliphatic carbocycles. The van der Waals surface area contributed by atoms with Crippen molar-refractivity contribution in [3.05, 3.63) is 30.3 Å². The van der Waals surface area contributed by atoms with Crippen molar-refractivity contribution >= 4 is 8.41 Å². The highest BCUT2D eigenvalue weighted by Crippen LogP contribution is 2.17. The number of halogens is 3. The van der Waals surface area contributed by atoms with E-state index in [0.29, 0.717) is 0 Å². The Hall–Kier alpha value is -1.13. The molecular formula is C8H10BF3O. The zero-order valence-corrected chi connectivity index (χ0v) is 6.14. The molecule has 5 heteroatoms. The summed E-state index contributed by atoms with van der Waals surface area (Å²) < 4.78 is 39.3. The summed E-state index contributed by atoms with van der Waals surface area (Å²) >= 11 is 0. The van der Waals surface area contributed by atoms with Gasteiger partial charge in [-0.05, 0) is 12.1 Å². The summed E-state index contributed by atoms with van der Waals surface area (Å²) in [5.74, 6) is 0.231. The number of hydrogen-bond donors (Lipinski definition) is 0. The minimum absolute atomic E-state index is 0. The van der Waals surface area contributed by atoms with Crippen LogP contribution in [0.5, 0.6) is 5.75 Å². The van der Waals surface area contributed by atoms with Gasteiger partial charge in [0, 0.05) is 0 Å². The summed E-state index contributed by atoms with van der Waals surface area (Å²) in [4.78, 5) is 0. The van der Waals surface area contributed by atoms with Crippen LogP contribution in [-0.4, -0.2) is 21.2 Å². The Morgan fingerprint density at radius 1 is 1.08 bits per heavy atom. The van der Waals surface area contributed by atoms with E-state index in [9.17, 15) is 13.2 Å². The molecule has 1 aromatic carbocycles. The number of hydrogen-bond acceptors (Lipinski definition) is 1. The monoisotopic (exact) mass is 190 g/mol. The van der Waals surface area contributed by atoms with Gasteiger partial charge in [0.25, 0.3) is 0 Å². The Labute approximate surface area is 76.1 Å².